The Kier molecular flexibility index (Phi) is 4.04. The van der Waals surface area contributed by atoms with Gasteiger partial charge in [0.2, 0.25) is 0 Å². The Balaban J connectivity index is 2.52. The third-order valence-electron chi connectivity index (χ3n) is 3.45. The molecule has 0 radical (unpaired) electrons. The number of nitrogens with zero attached hydrogens (tertiary/aromatic N) is 1. The van der Waals surface area contributed by atoms with Crippen molar-refractivity contribution in [2.75, 3.05) is 19.8 Å². The van der Waals surface area contributed by atoms with Crippen LogP contribution < -0.4 is 5.56 Å². The summed E-state index contributed by atoms with van der Waals surface area (Å²) < 4.78 is 12.0. The lowest BCUT2D eigenvalue weighted by molar-refractivity contribution is 0.0523. The van der Waals surface area contributed by atoms with Gasteiger partial charge in [-0.15, -0.1) is 0 Å². The van der Waals surface area contributed by atoms with E-state index in [2.05, 4.69) is 0 Å². The molecule has 104 valence electrons. The van der Waals surface area contributed by atoms with Crippen molar-refractivity contribution < 1.29 is 14.3 Å². The van der Waals surface area contributed by atoms with Gasteiger partial charge in [-0.2, -0.15) is 0 Å². The fourth-order valence-electron chi connectivity index (χ4n) is 2.59. The highest BCUT2D eigenvalue weighted by Gasteiger charge is 2.24. The number of rotatable bonds is 3. The molecule has 2 heterocycles. The Hall–Kier alpha value is -1.62. The van der Waals surface area contributed by atoms with Crippen LogP contribution in [0.5, 0.6) is 0 Å². The van der Waals surface area contributed by atoms with Crippen LogP contribution in [0, 0.1) is 13.8 Å². The molecule has 0 aliphatic carbocycles. The number of aryl methyl sites for hydroxylation is 1. The van der Waals surface area contributed by atoms with Crippen LogP contribution in [0.15, 0.2) is 10.9 Å². The third-order valence-corrected chi connectivity index (χ3v) is 3.45. The summed E-state index contributed by atoms with van der Waals surface area (Å²) in [5.41, 5.74) is 1.74. The first-order chi connectivity index (χ1) is 9.06. The van der Waals surface area contributed by atoms with E-state index < -0.39 is 0 Å². The van der Waals surface area contributed by atoms with Gasteiger partial charge < -0.3 is 14.0 Å². The van der Waals surface area contributed by atoms with Crippen molar-refractivity contribution in [2.24, 2.45) is 0 Å². The van der Waals surface area contributed by atoms with E-state index in [0.29, 0.717) is 36.6 Å². The van der Waals surface area contributed by atoms with Gasteiger partial charge in [-0.3, -0.25) is 4.79 Å². The van der Waals surface area contributed by atoms with Gasteiger partial charge in [0, 0.05) is 18.4 Å². The minimum Gasteiger partial charge on any atom is -0.462 e. The standard InChI is InChI=1S/C14H19NO4/c1-4-19-14(17)13-9(2)7-12(16)15(10(13)3)11-5-6-18-8-11/h7,11H,4-6,8H2,1-3H3. The maximum Gasteiger partial charge on any atom is 0.340 e. The van der Waals surface area contributed by atoms with Crippen molar-refractivity contribution in [3.63, 3.8) is 0 Å². The summed E-state index contributed by atoms with van der Waals surface area (Å²) in [4.78, 5) is 24.1. The Bertz CT molecular complexity index is 541. The Morgan fingerprint density at radius 3 is 2.84 bits per heavy atom. The van der Waals surface area contributed by atoms with Crippen LogP contribution in [-0.2, 0) is 9.47 Å². The molecule has 1 fully saturated rings. The van der Waals surface area contributed by atoms with E-state index in [9.17, 15) is 9.59 Å². The third kappa shape index (κ3) is 2.56. The highest BCUT2D eigenvalue weighted by molar-refractivity contribution is 5.92. The van der Waals surface area contributed by atoms with Crippen molar-refractivity contribution in [1.29, 1.82) is 0 Å². The van der Waals surface area contributed by atoms with Crippen molar-refractivity contribution in [2.45, 2.75) is 33.2 Å². The molecule has 1 aromatic heterocycles. The summed E-state index contributed by atoms with van der Waals surface area (Å²) in [6, 6.07) is 1.51. The predicted molar refractivity (Wildman–Crippen MR) is 70.6 cm³/mol. The van der Waals surface area contributed by atoms with Crippen LogP contribution in [0.3, 0.4) is 0 Å². The quantitative estimate of drug-likeness (QED) is 0.779. The lowest BCUT2D eigenvalue weighted by Gasteiger charge is -2.19. The predicted octanol–water partition coefficient (Wildman–Crippen LogP) is 1.60. The minimum absolute atomic E-state index is 0.0151. The van der Waals surface area contributed by atoms with Crippen LogP contribution in [0.4, 0.5) is 0 Å². The van der Waals surface area contributed by atoms with Crippen LogP contribution >= 0.6 is 0 Å². The molecule has 2 rings (SSSR count). The second-order valence-corrected chi connectivity index (χ2v) is 4.73. The Morgan fingerprint density at radius 2 is 2.26 bits per heavy atom. The molecule has 1 saturated heterocycles. The number of pyridine rings is 1. The van der Waals surface area contributed by atoms with Gasteiger partial charge in [0.1, 0.15) is 0 Å². The summed E-state index contributed by atoms with van der Waals surface area (Å²) in [5.74, 6) is -0.370. The van der Waals surface area contributed by atoms with Crippen LogP contribution in [-0.4, -0.2) is 30.4 Å². The minimum atomic E-state index is -0.370. The molecule has 0 amide bonds. The molecule has 1 aliphatic rings. The molecule has 0 N–H and O–H groups in total. The van der Waals surface area contributed by atoms with Crippen LogP contribution in [0.2, 0.25) is 0 Å². The van der Waals surface area contributed by atoms with E-state index in [4.69, 9.17) is 9.47 Å². The van der Waals surface area contributed by atoms with Crippen molar-refractivity contribution in [1.82, 2.24) is 4.57 Å². The summed E-state index contributed by atoms with van der Waals surface area (Å²) in [7, 11) is 0. The SMILES string of the molecule is CCOC(=O)c1c(C)cc(=O)n(C2CCOC2)c1C. The van der Waals surface area contributed by atoms with Gasteiger partial charge in [0.25, 0.3) is 5.56 Å². The average Bonchev–Trinajstić information content (AvgIpc) is 2.82. The monoisotopic (exact) mass is 265 g/mol. The summed E-state index contributed by atoms with van der Waals surface area (Å²) in [6.45, 7) is 6.81. The number of esters is 1. The fraction of sp³-hybridized carbons (Fsp3) is 0.571. The van der Waals surface area contributed by atoms with Gasteiger partial charge in [0.15, 0.2) is 0 Å². The first-order valence-corrected chi connectivity index (χ1v) is 6.53. The van der Waals surface area contributed by atoms with Gasteiger partial charge in [-0.05, 0) is 32.8 Å². The molecule has 1 atom stereocenters. The molecule has 0 spiro atoms. The molecular formula is C14H19NO4. The van der Waals surface area contributed by atoms with E-state index in [1.807, 2.05) is 0 Å². The molecule has 19 heavy (non-hydrogen) atoms. The molecule has 5 nitrogen and oxygen atoms in total. The number of carbonyl (C=O) groups excluding carboxylic acids is 1. The van der Waals surface area contributed by atoms with Crippen molar-refractivity contribution in [3.05, 3.63) is 33.2 Å². The highest BCUT2D eigenvalue weighted by atomic mass is 16.5. The normalized spacial score (nSPS) is 18.6. The lowest BCUT2D eigenvalue weighted by Crippen LogP contribution is -2.29. The largest absolute Gasteiger partial charge is 0.462 e. The van der Waals surface area contributed by atoms with Crippen LogP contribution in [0.25, 0.3) is 0 Å². The maximum atomic E-state index is 12.1. The average molecular weight is 265 g/mol. The number of carbonyl (C=O) groups is 1. The van der Waals surface area contributed by atoms with Gasteiger partial charge >= 0.3 is 5.97 Å². The zero-order valence-electron chi connectivity index (χ0n) is 11.6. The molecular weight excluding hydrogens is 246 g/mol. The smallest absolute Gasteiger partial charge is 0.340 e. The van der Waals surface area contributed by atoms with E-state index in [1.165, 1.54) is 6.07 Å². The van der Waals surface area contributed by atoms with Gasteiger partial charge in [-0.25, -0.2) is 4.79 Å². The summed E-state index contributed by atoms with van der Waals surface area (Å²) >= 11 is 0. The lowest BCUT2D eigenvalue weighted by atomic mass is 10.1. The zero-order valence-corrected chi connectivity index (χ0v) is 11.6. The summed E-state index contributed by atoms with van der Waals surface area (Å²) in [6.07, 6.45) is 0.798. The topological polar surface area (TPSA) is 57.5 Å². The highest BCUT2D eigenvalue weighted by Crippen LogP contribution is 2.22. The molecule has 1 aliphatic heterocycles. The van der Waals surface area contributed by atoms with E-state index in [1.54, 1.807) is 25.3 Å². The Labute approximate surface area is 112 Å². The molecule has 0 aromatic carbocycles. The molecule has 1 aromatic rings. The second kappa shape index (κ2) is 5.57. The Morgan fingerprint density at radius 1 is 1.53 bits per heavy atom. The fourth-order valence-corrected chi connectivity index (χ4v) is 2.59. The number of aromatic nitrogens is 1. The van der Waals surface area contributed by atoms with E-state index in [0.717, 1.165) is 6.42 Å². The number of hydrogen-bond acceptors (Lipinski definition) is 4. The number of ether oxygens (including phenoxy) is 2. The van der Waals surface area contributed by atoms with Crippen molar-refractivity contribution in [3.8, 4) is 0 Å². The molecule has 1 unspecified atom stereocenters. The zero-order chi connectivity index (χ0) is 14.0. The van der Waals surface area contributed by atoms with E-state index >= 15 is 0 Å². The summed E-state index contributed by atoms with van der Waals surface area (Å²) in [5, 5.41) is 0. The van der Waals surface area contributed by atoms with Gasteiger partial charge in [0.05, 0.1) is 24.8 Å². The molecule has 0 saturated carbocycles. The molecule has 5 heteroatoms. The van der Waals surface area contributed by atoms with Crippen molar-refractivity contribution >= 4 is 5.97 Å². The first kappa shape index (κ1) is 13.8. The van der Waals surface area contributed by atoms with Crippen LogP contribution in [0.1, 0.15) is 41.0 Å². The maximum absolute atomic E-state index is 12.1. The molecule has 0 bridgehead atoms. The first-order valence-electron chi connectivity index (χ1n) is 6.53. The van der Waals surface area contributed by atoms with Gasteiger partial charge in [-0.1, -0.05) is 0 Å². The number of hydrogen-bond donors (Lipinski definition) is 0. The second-order valence-electron chi connectivity index (χ2n) is 4.73. The van der Waals surface area contributed by atoms with E-state index in [-0.39, 0.29) is 17.6 Å².